The Morgan fingerprint density at radius 2 is 0.824 bits per heavy atom. The first kappa shape index (κ1) is 23.1. The Labute approximate surface area is 198 Å². The maximum atomic E-state index is 13.5. The zero-order valence-corrected chi connectivity index (χ0v) is 19.0. The molecule has 2 atom stereocenters. The maximum absolute atomic E-state index is 13.5. The Bertz CT molecular complexity index is 1080. The molecule has 0 spiro atoms. The molecule has 0 saturated heterocycles. The van der Waals surface area contributed by atoms with Crippen LogP contribution in [0.4, 0.5) is 20.2 Å². The number of benzene rings is 4. The zero-order chi connectivity index (χ0) is 23.9. The molecule has 0 aliphatic heterocycles. The summed E-state index contributed by atoms with van der Waals surface area (Å²) >= 11 is 0. The quantitative estimate of drug-likeness (QED) is 0.283. The lowest BCUT2D eigenvalue weighted by atomic mass is 9.92. The van der Waals surface area contributed by atoms with Crippen LogP contribution in [-0.2, 0) is 0 Å². The fraction of sp³-hybridized carbons (Fsp3) is 0.143. The molecule has 4 rings (SSSR count). The minimum Gasteiger partial charge on any atom is -0.497 e. The van der Waals surface area contributed by atoms with Crippen LogP contribution < -0.4 is 20.1 Å². The van der Waals surface area contributed by atoms with E-state index in [1.807, 2.05) is 48.5 Å². The van der Waals surface area contributed by atoms with E-state index in [2.05, 4.69) is 10.6 Å². The van der Waals surface area contributed by atoms with Gasteiger partial charge in [0.2, 0.25) is 0 Å². The van der Waals surface area contributed by atoms with Crippen LogP contribution in [0.3, 0.4) is 0 Å². The molecule has 4 nitrogen and oxygen atoms in total. The number of nitrogens with one attached hydrogen (secondary N) is 2. The second kappa shape index (κ2) is 10.7. The summed E-state index contributed by atoms with van der Waals surface area (Å²) in [6, 6.07) is 27.5. The molecule has 4 aromatic rings. The fourth-order valence-electron chi connectivity index (χ4n) is 3.79. The molecule has 34 heavy (non-hydrogen) atoms. The van der Waals surface area contributed by atoms with Crippen molar-refractivity contribution in [1.82, 2.24) is 0 Å². The smallest absolute Gasteiger partial charge is 0.123 e. The first-order chi connectivity index (χ1) is 16.6. The van der Waals surface area contributed by atoms with Gasteiger partial charge >= 0.3 is 0 Å². The van der Waals surface area contributed by atoms with Crippen molar-refractivity contribution < 1.29 is 18.3 Å². The lowest BCUT2D eigenvalue weighted by molar-refractivity contribution is 0.414. The van der Waals surface area contributed by atoms with Gasteiger partial charge in [0.05, 0.1) is 26.3 Å². The summed E-state index contributed by atoms with van der Waals surface area (Å²) in [5.41, 5.74) is 3.50. The third kappa shape index (κ3) is 5.64. The Hall–Kier alpha value is -4.06. The van der Waals surface area contributed by atoms with E-state index in [0.717, 1.165) is 34.0 Å². The number of halogens is 2. The van der Waals surface area contributed by atoms with Crippen molar-refractivity contribution in [3.8, 4) is 11.5 Å². The Balaban J connectivity index is 1.78. The van der Waals surface area contributed by atoms with Crippen LogP contribution >= 0.6 is 0 Å². The van der Waals surface area contributed by atoms with Gasteiger partial charge in [-0.25, -0.2) is 8.78 Å². The van der Waals surface area contributed by atoms with Gasteiger partial charge in [0, 0.05) is 11.4 Å². The molecule has 4 aromatic carbocycles. The third-order valence-electron chi connectivity index (χ3n) is 5.62. The summed E-state index contributed by atoms with van der Waals surface area (Å²) < 4.78 is 37.8. The van der Waals surface area contributed by atoms with Gasteiger partial charge in [-0.3, -0.25) is 0 Å². The molecule has 0 bridgehead atoms. The molecule has 0 aromatic heterocycles. The van der Waals surface area contributed by atoms with Crippen LogP contribution in [0.25, 0.3) is 0 Å². The molecule has 0 amide bonds. The molecule has 0 heterocycles. The van der Waals surface area contributed by atoms with E-state index < -0.39 is 0 Å². The van der Waals surface area contributed by atoms with Crippen molar-refractivity contribution in [2.75, 3.05) is 24.9 Å². The average molecular weight is 461 g/mol. The van der Waals surface area contributed by atoms with E-state index in [9.17, 15) is 8.78 Å². The summed E-state index contributed by atoms with van der Waals surface area (Å²) in [5.74, 6) is 0.888. The minimum atomic E-state index is -0.303. The zero-order valence-electron chi connectivity index (χ0n) is 19.0. The second-order valence-corrected chi connectivity index (χ2v) is 7.80. The number of anilines is 2. The van der Waals surface area contributed by atoms with E-state index in [4.69, 9.17) is 9.47 Å². The van der Waals surface area contributed by atoms with Gasteiger partial charge in [-0.2, -0.15) is 0 Å². The van der Waals surface area contributed by atoms with Crippen LogP contribution in [0.15, 0.2) is 97.1 Å². The van der Waals surface area contributed by atoms with Gasteiger partial charge in [-0.15, -0.1) is 0 Å². The molecule has 2 N–H and O–H groups in total. The monoisotopic (exact) mass is 460 g/mol. The molecule has 0 saturated carbocycles. The highest BCUT2D eigenvalue weighted by Crippen LogP contribution is 2.36. The van der Waals surface area contributed by atoms with Gasteiger partial charge in [0.1, 0.15) is 23.1 Å². The van der Waals surface area contributed by atoms with Crippen LogP contribution in [0, 0.1) is 11.6 Å². The van der Waals surface area contributed by atoms with Gasteiger partial charge in [-0.05, 0) is 83.9 Å². The Kier molecular flexibility index (Phi) is 7.28. The van der Waals surface area contributed by atoms with Crippen molar-refractivity contribution in [2.45, 2.75) is 12.1 Å². The number of hydrogen-bond acceptors (Lipinski definition) is 4. The van der Waals surface area contributed by atoms with E-state index >= 15 is 0 Å². The molecule has 174 valence electrons. The lowest BCUT2D eigenvalue weighted by Gasteiger charge is -2.31. The minimum absolute atomic E-state index is 0.269. The predicted octanol–water partition coefficient (Wildman–Crippen LogP) is 6.99. The van der Waals surface area contributed by atoms with Crippen molar-refractivity contribution in [2.24, 2.45) is 0 Å². The Morgan fingerprint density at radius 3 is 1.12 bits per heavy atom. The van der Waals surface area contributed by atoms with E-state index in [0.29, 0.717) is 0 Å². The number of rotatable bonds is 9. The van der Waals surface area contributed by atoms with E-state index in [1.165, 1.54) is 24.3 Å². The molecule has 0 radical (unpaired) electrons. The SMILES string of the molecule is COc1ccc([C@H](Nc2ccc(F)cc2)[C@@H](Nc2ccc(F)cc2)c2ccc(OC)cc2)cc1. The van der Waals surface area contributed by atoms with Gasteiger partial charge in [-0.1, -0.05) is 24.3 Å². The predicted molar refractivity (Wildman–Crippen MR) is 132 cm³/mol. The summed E-state index contributed by atoms with van der Waals surface area (Å²) in [7, 11) is 3.25. The number of hydrogen-bond donors (Lipinski definition) is 2. The molecule has 0 unspecified atom stereocenters. The van der Waals surface area contributed by atoms with E-state index in [-0.39, 0.29) is 23.7 Å². The summed E-state index contributed by atoms with van der Waals surface area (Å²) in [6.45, 7) is 0. The van der Waals surface area contributed by atoms with Crippen molar-refractivity contribution in [3.63, 3.8) is 0 Å². The van der Waals surface area contributed by atoms with Crippen LogP contribution in [0.1, 0.15) is 23.2 Å². The number of ether oxygens (including phenoxy) is 2. The molecule has 6 heteroatoms. The summed E-state index contributed by atoms with van der Waals surface area (Å²) in [4.78, 5) is 0. The highest BCUT2D eigenvalue weighted by atomic mass is 19.1. The normalized spacial score (nSPS) is 12.5. The first-order valence-electron chi connectivity index (χ1n) is 10.9. The average Bonchev–Trinajstić information content (AvgIpc) is 2.88. The summed E-state index contributed by atoms with van der Waals surface area (Å²) in [5, 5.41) is 7.09. The molecule has 0 aliphatic rings. The van der Waals surface area contributed by atoms with Crippen LogP contribution in [0.2, 0.25) is 0 Å². The van der Waals surface area contributed by atoms with Gasteiger partial charge in [0.25, 0.3) is 0 Å². The van der Waals surface area contributed by atoms with Crippen molar-refractivity contribution in [3.05, 3.63) is 120 Å². The number of methoxy groups -OCH3 is 2. The first-order valence-corrected chi connectivity index (χ1v) is 10.9. The fourth-order valence-corrected chi connectivity index (χ4v) is 3.79. The lowest BCUT2D eigenvalue weighted by Crippen LogP contribution is -2.25. The summed E-state index contributed by atoms with van der Waals surface area (Å²) in [6.07, 6.45) is 0. The maximum Gasteiger partial charge on any atom is 0.123 e. The molecular formula is C28H26F2N2O2. The van der Waals surface area contributed by atoms with Crippen molar-refractivity contribution in [1.29, 1.82) is 0 Å². The van der Waals surface area contributed by atoms with Gasteiger partial charge in [0.15, 0.2) is 0 Å². The topological polar surface area (TPSA) is 42.5 Å². The molecular weight excluding hydrogens is 434 g/mol. The van der Waals surface area contributed by atoms with E-state index in [1.54, 1.807) is 38.5 Å². The largest absolute Gasteiger partial charge is 0.497 e. The van der Waals surface area contributed by atoms with Crippen molar-refractivity contribution >= 4 is 11.4 Å². The highest BCUT2D eigenvalue weighted by Gasteiger charge is 2.26. The molecule has 0 aliphatic carbocycles. The molecule has 0 fully saturated rings. The van der Waals surface area contributed by atoms with Crippen LogP contribution in [-0.4, -0.2) is 14.2 Å². The van der Waals surface area contributed by atoms with Crippen LogP contribution in [0.5, 0.6) is 11.5 Å². The highest BCUT2D eigenvalue weighted by molar-refractivity contribution is 5.52. The Morgan fingerprint density at radius 1 is 0.500 bits per heavy atom. The van der Waals surface area contributed by atoms with Gasteiger partial charge < -0.3 is 20.1 Å². The second-order valence-electron chi connectivity index (χ2n) is 7.80. The standard InChI is InChI=1S/C28H26F2N2O2/c1-33-25-15-3-19(4-16-25)27(31-23-11-7-21(29)8-12-23)28(20-5-17-26(34-2)18-6-20)32-24-13-9-22(30)10-14-24/h3-18,27-28,31-32H,1-2H3/t27-,28-/m0/s1. The third-order valence-corrected chi connectivity index (χ3v) is 5.62.